The molecule has 11 aromatic rings. The lowest BCUT2D eigenvalue weighted by Gasteiger charge is -2.39. The van der Waals surface area contributed by atoms with Gasteiger partial charge in [0.25, 0.3) is 0 Å². The average Bonchev–Trinajstić information content (AvgIpc) is 3.78. The Morgan fingerprint density at radius 2 is 1.04 bits per heavy atom. The fourth-order valence-electron chi connectivity index (χ4n) is 10.1. The Hall–Kier alpha value is -7.56. The van der Waals surface area contributed by atoms with E-state index < -0.39 is 5.41 Å². The highest BCUT2D eigenvalue weighted by Crippen LogP contribution is 2.63. The van der Waals surface area contributed by atoms with Gasteiger partial charge in [-0.25, -0.2) is 9.97 Å². The first-order valence-corrected chi connectivity index (χ1v) is 19.5. The van der Waals surface area contributed by atoms with Gasteiger partial charge in [0, 0.05) is 38.2 Å². The predicted molar refractivity (Wildman–Crippen MR) is 232 cm³/mol. The molecule has 4 heteroatoms. The molecule has 4 nitrogen and oxygen atoms in total. The summed E-state index contributed by atoms with van der Waals surface area (Å²) in [6.45, 7) is 0. The summed E-state index contributed by atoms with van der Waals surface area (Å²) >= 11 is 0. The smallest absolute Gasteiger partial charge is 0.235 e. The van der Waals surface area contributed by atoms with Crippen molar-refractivity contribution in [2.45, 2.75) is 5.41 Å². The van der Waals surface area contributed by atoms with Crippen LogP contribution < -0.4 is 4.74 Å². The molecular formula is C53H31N3O. The van der Waals surface area contributed by atoms with E-state index in [2.05, 4.69) is 193 Å². The molecule has 264 valence electrons. The number of fused-ring (bicyclic) bond motifs is 17. The van der Waals surface area contributed by atoms with Crippen molar-refractivity contribution in [3.05, 3.63) is 210 Å². The quantitative estimate of drug-likeness (QED) is 0.178. The summed E-state index contributed by atoms with van der Waals surface area (Å²) in [5, 5.41) is 7.87. The highest BCUT2D eigenvalue weighted by atomic mass is 16.5. The van der Waals surface area contributed by atoms with Gasteiger partial charge in [-0.15, -0.1) is 0 Å². The molecule has 3 heterocycles. The molecule has 2 aromatic heterocycles. The number of hydrogen-bond donors (Lipinski definition) is 0. The molecule has 13 rings (SSSR count). The Kier molecular flexibility index (Phi) is 6.07. The Bertz CT molecular complexity index is 3480. The first kappa shape index (κ1) is 30.7. The lowest BCUT2D eigenvalue weighted by atomic mass is 9.66. The van der Waals surface area contributed by atoms with Crippen molar-refractivity contribution in [1.29, 1.82) is 0 Å². The third kappa shape index (κ3) is 4.01. The topological polar surface area (TPSA) is 39.9 Å². The Balaban J connectivity index is 1.21. The van der Waals surface area contributed by atoms with Crippen molar-refractivity contribution in [2.24, 2.45) is 0 Å². The summed E-state index contributed by atoms with van der Waals surface area (Å²) in [6, 6.07) is 67.5. The van der Waals surface area contributed by atoms with Crippen LogP contribution in [0, 0.1) is 0 Å². The number of hydrogen-bond acceptors (Lipinski definition) is 3. The van der Waals surface area contributed by atoms with Crippen LogP contribution in [0.3, 0.4) is 0 Å². The molecule has 9 aromatic carbocycles. The van der Waals surface area contributed by atoms with Gasteiger partial charge in [-0.3, -0.25) is 4.57 Å². The highest BCUT2D eigenvalue weighted by Gasteiger charge is 2.51. The zero-order valence-corrected chi connectivity index (χ0v) is 30.6. The van der Waals surface area contributed by atoms with Gasteiger partial charge in [-0.1, -0.05) is 170 Å². The van der Waals surface area contributed by atoms with E-state index >= 15 is 0 Å². The van der Waals surface area contributed by atoms with Gasteiger partial charge in [0.2, 0.25) is 5.95 Å². The first-order valence-electron chi connectivity index (χ1n) is 19.5. The van der Waals surface area contributed by atoms with Crippen LogP contribution in [0.5, 0.6) is 11.5 Å². The second-order valence-electron chi connectivity index (χ2n) is 15.2. The standard InChI is InChI=1S/C53H31N3O/c1-2-15-34-31-35(26-25-32(34)13-1)48-41-19-7-11-23-46(41)54-52(55-48)56-49-36-16-4-3-14-33(36)27-28-39(49)40-29-30-45-51(50(40)56)57-47-24-12-10-22-44(47)53(45)42-20-8-5-17-37(42)38-18-6-9-21-43(38)53/h1-31H. The molecule has 0 amide bonds. The number of nitrogens with zero attached hydrogens (tertiary/aromatic N) is 3. The summed E-state index contributed by atoms with van der Waals surface area (Å²) in [4.78, 5) is 11.0. The minimum atomic E-state index is -0.602. The van der Waals surface area contributed by atoms with Crippen LogP contribution in [0.4, 0.5) is 0 Å². The largest absolute Gasteiger partial charge is 0.454 e. The second kappa shape index (κ2) is 11.2. The molecule has 0 N–H and O–H groups in total. The first-order chi connectivity index (χ1) is 28.3. The molecule has 0 bridgehead atoms. The number of aromatic nitrogens is 3. The maximum atomic E-state index is 7.29. The van der Waals surface area contributed by atoms with Crippen LogP contribution in [-0.2, 0) is 5.41 Å². The van der Waals surface area contributed by atoms with E-state index in [1.54, 1.807) is 0 Å². The van der Waals surface area contributed by atoms with Gasteiger partial charge < -0.3 is 4.74 Å². The van der Waals surface area contributed by atoms with E-state index in [1.165, 1.54) is 33.0 Å². The summed E-state index contributed by atoms with van der Waals surface area (Å²) in [7, 11) is 0. The molecule has 0 unspecified atom stereocenters. The van der Waals surface area contributed by atoms with Crippen LogP contribution in [0.2, 0.25) is 0 Å². The summed E-state index contributed by atoms with van der Waals surface area (Å²) in [6.07, 6.45) is 0. The molecule has 1 aliphatic carbocycles. The third-order valence-electron chi connectivity index (χ3n) is 12.4. The van der Waals surface area contributed by atoms with E-state index in [1.807, 2.05) is 0 Å². The second-order valence-corrected chi connectivity index (χ2v) is 15.2. The molecule has 0 atom stereocenters. The van der Waals surface area contributed by atoms with E-state index in [9.17, 15) is 0 Å². The van der Waals surface area contributed by atoms with Crippen LogP contribution in [-0.4, -0.2) is 14.5 Å². The van der Waals surface area contributed by atoms with Gasteiger partial charge in [-0.2, -0.15) is 0 Å². The van der Waals surface area contributed by atoms with Gasteiger partial charge in [-0.05, 0) is 56.6 Å². The van der Waals surface area contributed by atoms with E-state index in [0.29, 0.717) is 5.95 Å². The van der Waals surface area contributed by atoms with Crippen molar-refractivity contribution in [3.63, 3.8) is 0 Å². The van der Waals surface area contributed by atoms with Crippen LogP contribution >= 0.6 is 0 Å². The van der Waals surface area contributed by atoms with E-state index in [4.69, 9.17) is 14.7 Å². The van der Waals surface area contributed by atoms with Crippen molar-refractivity contribution in [1.82, 2.24) is 14.5 Å². The number of benzene rings is 9. The van der Waals surface area contributed by atoms with Crippen LogP contribution in [0.25, 0.3) is 82.6 Å². The fraction of sp³-hybridized carbons (Fsp3) is 0.0189. The van der Waals surface area contributed by atoms with Gasteiger partial charge >= 0.3 is 0 Å². The minimum Gasteiger partial charge on any atom is -0.454 e. The molecule has 0 saturated heterocycles. The van der Waals surface area contributed by atoms with Gasteiger partial charge in [0.05, 0.1) is 22.1 Å². The van der Waals surface area contributed by atoms with Crippen molar-refractivity contribution >= 4 is 54.3 Å². The Morgan fingerprint density at radius 3 is 1.86 bits per heavy atom. The van der Waals surface area contributed by atoms with Crippen LogP contribution in [0.15, 0.2) is 188 Å². The molecular weight excluding hydrogens is 695 g/mol. The van der Waals surface area contributed by atoms with Crippen molar-refractivity contribution < 1.29 is 4.74 Å². The van der Waals surface area contributed by atoms with Crippen LogP contribution in [0.1, 0.15) is 22.3 Å². The SMILES string of the molecule is c1ccc2c(c1)Oc1c(ccc3c4ccc5ccccc5c4n(-c4nc(-c5ccc6ccccc6c5)c5ccccc5n4)c13)C21c2ccccc2-c2ccccc21. The highest BCUT2D eigenvalue weighted by molar-refractivity contribution is 6.20. The summed E-state index contributed by atoms with van der Waals surface area (Å²) in [5.41, 5.74) is 11.5. The predicted octanol–water partition coefficient (Wildman–Crippen LogP) is 13.2. The third-order valence-corrected chi connectivity index (χ3v) is 12.4. The van der Waals surface area contributed by atoms with Crippen molar-refractivity contribution in [2.75, 3.05) is 0 Å². The fourth-order valence-corrected chi connectivity index (χ4v) is 10.1. The average molecular weight is 726 g/mol. The molecule has 2 aliphatic rings. The monoisotopic (exact) mass is 725 g/mol. The minimum absolute atomic E-state index is 0.602. The summed E-state index contributed by atoms with van der Waals surface area (Å²) < 4.78 is 9.57. The molecule has 0 fully saturated rings. The Labute approximate surface area is 327 Å². The molecule has 57 heavy (non-hydrogen) atoms. The normalized spacial score (nSPS) is 13.5. The Morgan fingerprint density at radius 1 is 0.421 bits per heavy atom. The van der Waals surface area contributed by atoms with Gasteiger partial charge in [0.1, 0.15) is 11.3 Å². The molecule has 1 aliphatic heterocycles. The number of para-hydroxylation sites is 2. The van der Waals surface area contributed by atoms with Crippen molar-refractivity contribution in [3.8, 4) is 39.8 Å². The molecule has 0 radical (unpaired) electrons. The zero-order valence-electron chi connectivity index (χ0n) is 30.6. The summed E-state index contributed by atoms with van der Waals surface area (Å²) in [5.74, 6) is 2.27. The lowest BCUT2D eigenvalue weighted by molar-refractivity contribution is 0.440. The molecule has 1 spiro atoms. The maximum absolute atomic E-state index is 7.29. The number of ether oxygens (including phenoxy) is 1. The van der Waals surface area contributed by atoms with E-state index in [0.717, 1.165) is 77.4 Å². The van der Waals surface area contributed by atoms with E-state index in [-0.39, 0.29) is 0 Å². The maximum Gasteiger partial charge on any atom is 0.235 e. The molecule has 0 saturated carbocycles. The van der Waals surface area contributed by atoms with Gasteiger partial charge in [0.15, 0.2) is 5.75 Å². The zero-order chi connectivity index (χ0) is 37.2. The number of rotatable bonds is 2. The lowest BCUT2D eigenvalue weighted by Crippen LogP contribution is -2.32.